The van der Waals surface area contributed by atoms with E-state index >= 15 is 0 Å². The van der Waals surface area contributed by atoms with E-state index in [1.165, 1.54) is 24.3 Å². The third-order valence-corrected chi connectivity index (χ3v) is 4.52. The molecule has 0 aliphatic carbocycles. The standard InChI is InChI=1S/C22H19ClN2O3/c1-14-5-4-7-18(23)21(14)25-19-8-3-2-6-16(19)13-20(26)28-17-11-9-15(10-12-17)22(24)27/h2-12,25H,13H2,1H3,(H2,24,27). The van der Waals surface area contributed by atoms with Gasteiger partial charge in [0.25, 0.3) is 0 Å². The van der Waals surface area contributed by atoms with Gasteiger partial charge in [0.1, 0.15) is 5.75 Å². The number of amides is 1. The molecule has 0 spiro atoms. The molecule has 5 nitrogen and oxygen atoms in total. The second kappa shape index (κ2) is 8.59. The number of para-hydroxylation sites is 2. The van der Waals surface area contributed by atoms with Gasteiger partial charge in [-0.15, -0.1) is 0 Å². The van der Waals surface area contributed by atoms with Gasteiger partial charge in [-0.1, -0.05) is 41.9 Å². The Morgan fingerprint density at radius 2 is 1.71 bits per heavy atom. The summed E-state index contributed by atoms with van der Waals surface area (Å²) in [5.41, 5.74) is 8.91. The van der Waals surface area contributed by atoms with Crippen LogP contribution in [0.4, 0.5) is 11.4 Å². The first-order chi connectivity index (χ1) is 13.4. The smallest absolute Gasteiger partial charge is 0.315 e. The van der Waals surface area contributed by atoms with Crippen molar-refractivity contribution in [3.8, 4) is 5.75 Å². The molecular formula is C22H19ClN2O3. The molecule has 0 radical (unpaired) electrons. The molecule has 3 rings (SSSR count). The molecule has 0 aliphatic rings. The lowest BCUT2D eigenvalue weighted by molar-refractivity contribution is -0.133. The predicted octanol–water partition coefficient (Wildman–Crippen LogP) is 4.64. The molecule has 0 bridgehead atoms. The largest absolute Gasteiger partial charge is 0.426 e. The maximum absolute atomic E-state index is 12.4. The first-order valence-corrected chi connectivity index (χ1v) is 9.02. The van der Waals surface area contributed by atoms with Gasteiger partial charge in [-0.2, -0.15) is 0 Å². The minimum Gasteiger partial charge on any atom is -0.426 e. The van der Waals surface area contributed by atoms with E-state index in [1.54, 1.807) is 0 Å². The zero-order valence-electron chi connectivity index (χ0n) is 15.2. The number of hydrogen-bond donors (Lipinski definition) is 2. The lowest BCUT2D eigenvalue weighted by Gasteiger charge is -2.15. The molecule has 0 heterocycles. The van der Waals surface area contributed by atoms with E-state index in [4.69, 9.17) is 22.1 Å². The van der Waals surface area contributed by atoms with Crippen LogP contribution in [0.2, 0.25) is 5.02 Å². The van der Waals surface area contributed by atoms with Crippen LogP contribution in [0.25, 0.3) is 0 Å². The number of ether oxygens (including phenoxy) is 1. The number of benzene rings is 3. The summed E-state index contributed by atoms with van der Waals surface area (Å²) in [6.45, 7) is 1.96. The highest BCUT2D eigenvalue weighted by Crippen LogP contribution is 2.30. The molecule has 6 heteroatoms. The topological polar surface area (TPSA) is 81.4 Å². The summed E-state index contributed by atoms with van der Waals surface area (Å²) in [5, 5.41) is 3.91. The van der Waals surface area contributed by atoms with Gasteiger partial charge in [0, 0.05) is 11.3 Å². The van der Waals surface area contributed by atoms with Crippen LogP contribution in [0.15, 0.2) is 66.7 Å². The number of primary amides is 1. The molecule has 142 valence electrons. The Morgan fingerprint density at radius 3 is 2.39 bits per heavy atom. The Hall–Kier alpha value is -3.31. The third-order valence-electron chi connectivity index (χ3n) is 4.20. The quantitative estimate of drug-likeness (QED) is 0.471. The Balaban J connectivity index is 1.74. The number of halogens is 1. The maximum atomic E-state index is 12.4. The minimum absolute atomic E-state index is 0.0737. The number of anilines is 2. The number of nitrogens with two attached hydrogens (primary N) is 1. The Bertz CT molecular complexity index is 996. The van der Waals surface area contributed by atoms with Gasteiger partial charge in [0.2, 0.25) is 5.91 Å². The zero-order chi connectivity index (χ0) is 20.1. The second-order valence-corrected chi connectivity index (χ2v) is 6.66. The maximum Gasteiger partial charge on any atom is 0.315 e. The van der Waals surface area contributed by atoms with Crippen LogP contribution in [0.5, 0.6) is 5.75 Å². The molecule has 28 heavy (non-hydrogen) atoms. The Labute approximate surface area is 168 Å². The minimum atomic E-state index is -0.534. The van der Waals surface area contributed by atoms with Gasteiger partial charge >= 0.3 is 5.97 Å². The number of carbonyl (C=O) groups is 2. The highest BCUT2D eigenvalue weighted by molar-refractivity contribution is 6.33. The summed E-state index contributed by atoms with van der Waals surface area (Å²) >= 11 is 6.29. The van der Waals surface area contributed by atoms with E-state index < -0.39 is 11.9 Å². The van der Waals surface area contributed by atoms with Gasteiger partial charge in [-0.3, -0.25) is 9.59 Å². The van der Waals surface area contributed by atoms with Crippen molar-refractivity contribution in [2.24, 2.45) is 5.73 Å². The molecule has 0 saturated heterocycles. The molecule has 3 N–H and O–H groups in total. The Morgan fingerprint density at radius 1 is 1.00 bits per heavy atom. The van der Waals surface area contributed by atoms with Crippen molar-refractivity contribution >= 4 is 34.9 Å². The highest BCUT2D eigenvalue weighted by atomic mass is 35.5. The fourth-order valence-corrected chi connectivity index (χ4v) is 3.00. The van der Waals surface area contributed by atoms with Crippen molar-refractivity contribution in [3.05, 3.63) is 88.4 Å². The van der Waals surface area contributed by atoms with Crippen LogP contribution in [0, 0.1) is 6.92 Å². The first-order valence-electron chi connectivity index (χ1n) is 8.64. The number of aryl methyl sites for hydroxylation is 1. The van der Waals surface area contributed by atoms with Crippen LogP contribution < -0.4 is 15.8 Å². The van der Waals surface area contributed by atoms with Crippen molar-refractivity contribution in [2.45, 2.75) is 13.3 Å². The average molecular weight is 395 g/mol. The molecule has 0 unspecified atom stereocenters. The van der Waals surface area contributed by atoms with Crippen molar-refractivity contribution < 1.29 is 14.3 Å². The van der Waals surface area contributed by atoms with Crippen molar-refractivity contribution in [1.29, 1.82) is 0 Å². The highest BCUT2D eigenvalue weighted by Gasteiger charge is 2.12. The fourth-order valence-electron chi connectivity index (χ4n) is 2.73. The van der Waals surface area contributed by atoms with E-state index in [0.717, 1.165) is 22.5 Å². The van der Waals surface area contributed by atoms with Crippen molar-refractivity contribution in [1.82, 2.24) is 0 Å². The number of esters is 1. The molecule has 1 amide bonds. The molecule has 0 saturated carbocycles. The molecule has 3 aromatic rings. The van der Waals surface area contributed by atoms with Crippen molar-refractivity contribution in [3.63, 3.8) is 0 Å². The SMILES string of the molecule is Cc1cccc(Cl)c1Nc1ccccc1CC(=O)Oc1ccc(C(N)=O)cc1. The van der Waals surface area contributed by atoms with E-state index in [-0.39, 0.29) is 6.42 Å². The zero-order valence-corrected chi connectivity index (χ0v) is 16.0. The third kappa shape index (κ3) is 4.69. The molecule has 0 atom stereocenters. The second-order valence-electron chi connectivity index (χ2n) is 6.25. The number of carbonyl (C=O) groups excluding carboxylic acids is 2. The first kappa shape index (κ1) is 19.5. The summed E-state index contributed by atoms with van der Waals surface area (Å²) in [4.78, 5) is 23.5. The normalized spacial score (nSPS) is 10.4. The molecular weight excluding hydrogens is 376 g/mol. The van der Waals surface area contributed by atoms with E-state index in [2.05, 4.69) is 5.32 Å². The number of hydrogen-bond acceptors (Lipinski definition) is 4. The monoisotopic (exact) mass is 394 g/mol. The predicted molar refractivity (Wildman–Crippen MR) is 110 cm³/mol. The van der Waals surface area contributed by atoms with E-state index in [9.17, 15) is 9.59 Å². The van der Waals surface area contributed by atoms with Gasteiger partial charge < -0.3 is 15.8 Å². The summed E-state index contributed by atoms with van der Waals surface area (Å²) in [6, 6.07) is 19.2. The summed E-state index contributed by atoms with van der Waals surface area (Å²) in [5.74, 6) is -0.605. The van der Waals surface area contributed by atoms with Crippen molar-refractivity contribution in [2.75, 3.05) is 5.32 Å². The molecule has 3 aromatic carbocycles. The lowest BCUT2D eigenvalue weighted by Crippen LogP contribution is -2.13. The lowest BCUT2D eigenvalue weighted by atomic mass is 10.1. The van der Waals surface area contributed by atoms with Gasteiger partial charge in [0.05, 0.1) is 17.1 Å². The van der Waals surface area contributed by atoms with E-state index in [1.807, 2.05) is 49.4 Å². The average Bonchev–Trinajstić information content (AvgIpc) is 2.66. The summed E-state index contributed by atoms with van der Waals surface area (Å²) in [6.07, 6.45) is 0.0737. The Kier molecular flexibility index (Phi) is 5.96. The summed E-state index contributed by atoms with van der Waals surface area (Å²) < 4.78 is 5.36. The van der Waals surface area contributed by atoms with E-state index in [0.29, 0.717) is 16.3 Å². The van der Waals surface area contributed by atoms with Crippen LogP contribution in [-0.2, 0) is 11.2 Å². The van der Waals surface area contributed by atoms with Gasteiger partial charge in [-0.05, 0) is 54.4 Å². The fraction of sp³-hybridized carbons (Fsp3) is 0.0909. The van der Waals surface area contributed by atoms with Gasteiger partial charge in [0.15, 0.2) is 0 Å². The molecule has 0 aromatic heterocycles. The van der Waals surface area contributed by atoms with Crippen LogP contribution in [0.1, 0.15) is 21.5 Å². The van der Waals surface area contributed by atoms with Crippen LogP contribution in [-0.4, -0.2) is 11.9 Å². The van der Waals surface area contributed by atoms with Crippen LogP contribution in [0.3, 0.4) is 0 Å². The number of nitrogens with one attached hydrogen (secondary N) is 1. The van der Waals surface area contributed by atoms with Gasteiger partial charge in [-0.25, -0.2) is 0 Å². The van der Waals surface area contributed by atoms with Crippen LogP contribution >= 0.6 is 11.6 Å². The molecule has 0 aliphatic heterocycles. The summed E-state index contributed by atoms with van der Waals surface area (Å²) in [7, 11) is 0. The molecule has 0 fully saturated rings. The number of rotatable bonds is 6.